The quantitative estimate of drug-likeness (QED) is 0.409. The average molecular weight is 434 g/mol. The zero-order valence-electron chi connectivity index (χ0n) is 15.6. The number of hydrogen-bond acceptors (Lipinski definition) is 3. The SMILES string of the molecule is CC(C)N(C(=O)c1cc(C(F)(F)F)cc(C(F)(F)F)c1)c1ccc(C(=O)NO)cc1. The first-order valence-electron chi connectivity index (χ1n) is 8.43. The number of anilines is 1. The first-order valence-corrected chi connectivity index (χ1v) is 8.43. The van der Waals surface area contributed by atoms with Gasteiger partial charge in [-0.05, 0) is 56.3 Å². The normalized spacial score (nSPS) is 12.1. The molecule has 0 saturated heterocycles. The predicted octanol–water partition coefficient (Wildman–Crippen LogP) is 4.90. The molecule has 0 radical (unpaired) electrons. The summed E-state index contributed by atoms with van der Waals surface area (Å²) >= 11 is 0. The summed E-state index contributed by atoms with van der Waals surface area (Å²) < 4.78 is 78.5. The van der Waals surface area contributed by atoms with Gasteiger partial charge in [-0.1, -0.05) is 0 Å². The Morgan fingerprint density at radius 3 is 1.70 bits per heavy atom. The van der Waals surface area contributed by atoms with Crippen LogP contribution in [0.1, 0.15) is 45.7 Å². The van der Waals surface area contributed by atoms with E-state index < -0.39 is 46.9 Å². The summed E-state index contributed by atoms with van der Waals surface area (Å²) in [6, 6.07) is 5.05. The highest BCUT2D eigenvalue weighted by molar-refractivity contribution is 6.07. The third-order valence-corrected chi connectivity index (χ3v) is 4.08. The molecule has 0 aliphatic carbocycles. The lowest BCUT2D eigenvalue weighted by molar-refractivity contribution is -0.143. The van der Waals surface area contributed by atoms with Crippen LogP contribution >= 0.6 is 0 Å². The predicted molar refractivity (Wildman–Crippen MR) is 94.1 cm³/mol. The van der Waals surface area contributed by atoms with Crippen molar-refractivity contribution >= 4 is 17.5 Å². The molecule has 162 valence electrons. The van der Waals surface area contributed by atoms with Gasteiger partial charge < -0.3 is 4.90 Å². The van der Waals surface area contributed by atoms with Crippen LogP contribution in [0.25, 0.3) is 0 Å². The first kappa shape index (κ1) is 23.2. The second-order valence-electron chi connectivity index (χ2n) is 6.55. The number of hydrogen-bond donors (Lipinski definition) is 2. The van der Waals surface area contributed by atoms with Crippen molar-refractivity contribution in [1.82, 2.24) is 5.48 Å². The second-order valence-corrected chi connectivity index (χ2v) is 6.55. The molecule has 0 aromatic heterocycles. The largest absolute Gasteiger partial charge is 0.416 e. The molecule has 0 aliphatic rings. The monoisotopic (exact) mass is 434 g/mol. The first-order chi connectivity index (χ1) is 13.8. The molecule has 0 saturated carbocycles. The van der Waals surface area contributed by atoms with Gasteiger partial charge in [-0.3, -0.25) is 14.8 Å². The van der Waals surface area contributed by atoms with Crippen LogP contribution in [0, 0.1) is 0 Å². The molecule has 5 nitrogen and oxygen atoms in total. The zero-order valence-corrected chi connectivity index (χ0v) is 15.6. The number of alkyl halides is 6. The highest BCUT2D eigenvalue weighted by atomic mass is 19.4. The molecule has 2 rings (SSSR count). The Labute approximate surface area is 166 Å². The molecule has 2 aromatic rings. The molecule has 2 amide bonds. The third-order valence-electron chi connectivity index (χ3n) is 4.08. The van der Waals surface area contributed by atoms with Gasteiger partial charge in [0.2, 0.25) is 0 Å². The topological polar surface area (TPSA) is 69.6 Å². The Balaban J connectivity index is 2.55. The van der Waals surface area contributed by atoms with Crippen molar-refractivity contribution in [2.45, 2.75) is 32.2 Å². The average Bonchev–Trinajstić information content (AvgIpc) is 2.66. The summed E-state index contributed by atoms with van der Waals surface area (Å²) in [7, 11) is 0. The van der Waals surface area contributed by atoms with Crippen molar-refractivity contribution in [3.05, 3.63) is 64.7 Å². The number of carbonyl (C=O) groups excluding carboxylic acids is 2. The Morgan fingerprint density at radius 1 is 0.867 bits per heavy atom. The van der Waals surface area contributed by atoms with Crippen LogP contribution < -0.4 is 10.4 Å². The zero-order chi connectivity index (χ0) is 22.9. The molecule has 30 heavy (non-hydrogen) atoms. The lowest BCUT2D eigenvalue weighted by Gasteiger charge is -2.28. The Bertz CT molecular complexity index is 905. The van der Waals surface area contributed by atoms with Crippen LogP contribution in [0.15, 0.2) is 42.5 Å². The van der Waals surface area contributed by atoms with E-state index in [2.05, 4.69) is 0 Å². The minimum Gasteiger partial charge on any atom is -0.306 e. The van der Waals surface area contributed by atoms with E-state index >= 15 is 0 Å². The number of amides is 2. The summed E-state index contributed by atoms with van der Waals surface area (Å²) in [6.07, 6.45) is -10.2. The molecule has 0 aliphatic heterocycles. The molecular formula is C19H16F6N2O3. The van der Waals surface area contributed by atoms with E-state index in [0.29, 0.717) is 12.1 Å². The molecule has 11 heteroatoms. The number of benzene rings is 2. The van der Waals surface area contributed by atoms with Gasteiger partial charge in [0.15, 0.2) is 0 Å². The molecule has 0 bridgehead atoms. The molecule has 0 unspecified atom stereocenters. The summed E-state index contributed by atoms with van der Waals surface area (Å²) in [5.74, 6) is -1.92. The van der Waals surface area contributed by atoms with Gasteiger partial charge in [0.25, 0.3) is 11.8 Å². The van der Waals surface area contributed by atoms with Crippen LogP contribution in [-0.2, 0) is 12.4 Å². The van der Waals surface area contributed by atoms with Gasteiger partial charge in [0.05, 0.1) is 11.1 Å². The standard InChI is InChI=1S/C19H16F6N2O3/c1-10(2)27(15-5-3-11(4-6-15)16(28)26-30)17(29)12-7-13(18(20,21)22)9-14(8-12)19(23,24)25/h3-10,30H,1-2H3,(H,26,28). The second kappa shape index (κ2) is 8.34. The number of hydroxylamine groups is 1. The van der Waals surface area contributed by atoms with Crippen molar-refractivity contribution in [2.75, 3.05) is 4.90 Å². The number of halogens is 6. The van der Waals surface area contributed by atoms with E-state index in [1.54, 1.807) is 0 Å². The summed E-state index contributed by atoms with van der Waals surface area (Å²) in [6.45, 7) is 3.04. The van der Waals surface area contributed by atoms with Crippen LogP contribution in [0.5, 0.6) is 0 Å². The number of nitrogens with one attached hydrogen (secondary N) is 1. The number of carbonyl (C=O) groups is 2. The van der Waals surface area contributed by atoms with E-state index in [1.165, 1.54) is 43.6 Å². The lowest BCUT2D eigenvalue weighted by Crippen LogP contribution is -2.37. The fourth-order valence-electron chi connectivity index (χ4n) is 2.71. The van der Waals surface area contributed by atoms with Crippen molar-refractivity contribution in [3.63, 3.8) is 0 Å². The Morgan fingerprint density at radius 2 is 1.33 bits per heavy atom. The minimum atomic E-state index is -5.09. The van der Waals surface area contributed by atoms with Crippen molar-refractivity contribution in [1.29, 1.82) is 0 Å². The molecule has 0 spiro atoms. The highest BCUT2D eigenvalue weighted by Crippen LogP contribution is 2.37. The van der Waals surface area contributed by atoms with E-state index in [9.17, 15) is 35.9 Å². The van der Waals surface area contributed by atoms with Crippen LogP contribution in [0.3, 0.4) is 0 Å². The van der Waals surface area contributed by atoms with Crippen LogP contribution in [0.2, 0.25) is 0 Å². The molecule has 0 fully saturated rings. The summed E-state index contributed by atoms with van der Waals surface area (Å²) in [5.41, 5.74) is -2.42. The lowest BCUT2D eigenvalue weighted by atomic mass is 10.0. The van der Waals surface area contributed by atoms with E-state index in [-0.39, 0.29) is 17.3 Å². The fraction of sp³-hybridized carbons (Fsp3) is 0.263. The summed E-state index contributed by atoms with van der Waals surface area (Å²) in [5, 5.41) is 8.63. The number of rotatable bonds is 4. The van der Waals surface area contributed by atoms with Crippen molar-refractivity contribution in [2.24, 2.45) is 0 Å². The van der Waals surface area contributed by atoms with E-state index in [4.69, 9.17) is 5.21 Å². The van der Waals surface area contributed by atoms with Crippen molar-refractivity contribution in [3.8, 4) is 0 Å². The van der Waals surface area contributed by atoms with Gasteiger partial charge in [-0.25, -0.2) is 5.48 Å². The molecule has 0 atom stereocenters. The minimum absolute atomic E-state index is 0.0239. The van der Waals surface area contributed by atoms with E-state index in [0.717, 1.165) is 4.90 Å². The third kappa shape index (κ3) is 5.09. The summed E-state index contributed by atoms with van der Waals surface area (Å²) in [4.78, 5) is 25.3. The molecule has 2 aromatic carbocycles. The van der Waals surface area contributed by atoms with E-state index in [1.807, 2.05) is 0 Å². The number of nitrogens with zero attached hydrogens (tertiary/aromatic N) is 1. The maximum Gasteiger partial charge on any atom is 0.416 e. The smallest absolute Gasteiger partial charge is 0.306 e. The maximum absolute atomic E-state index is 13.1. The molecular weight excluding hydrogens is 418 g/mol. The van der Waals surface area contributed by atoms with Crippen LogP contribution in [0.4, 0.5) is 32.0 Å². The Hall–Kier alpha value is -3.08. The van der Waals surface area contributed by atoms with Crippen LogP contribution in [-0.4, -0.2) is 23.1 Å². The molecule has 2 N–H and O–H groups in total. The van der Waals surface area contributed by atoms with Gasteiger partial charge in [-0.15, -0.1) is 0 Å². The fourth-order valence-corrected chi connectivity index (χ4v) is 2.71. The maximum atomic E-state index is 13.1. The van der Waals surface area contributed by atoms with Gasteiger partial charge in [0.1, 0.15) is 0 Å². The van der Waals surface area contributed by atoms with Gasteiger partial charge >= 0.3 is 12.4 Å². The molecule has 0 heterocycles. The Kier molecular flexibility index (Phi) is 6.45. The van der Waals surface area contributed by atoms with Gasteiger partial charge in [-0.2, -0.15) is 26.3 Å². The highest BCUT2D eigenvalue weighted by Gasteiger charge is 2.38. The van der Waals surface area contributed by atoms with Gasteiger partial charge in [0, 0.05) is 22.9 Å². The van der Waals surface area contributed by atoms with Crippen molar-refractivity contribution < 1.29 is 41.1 Å².